The SMILES string of the molecule is CCn1c(=NC(=O)c2ccc(NS(=O)(=O)c3ccc(C)cc3)cc2)sc2cccc(OC)c21. The predicted molar refractivity (Wildman–Crippen MR) is 130 cm³/mol. The van der Waals surface area contributed by atoms with Gasteiger partial charge in [0.2, 0.25) is 0 Å². The minimum absolute atomic E-state index is 0.174. The third-order valence-corrected chi connectivity index (χ3v) is 7.55. The van der Waals surface area contributed by atoms with Crippen LogP contribution in [0.2, 0.25) is 0 Å². The van der Waals surface area contributed by atoms with Crippen molar-refractivity contribution < 1.29 is 17.9 Å². The van der Waals surface area contributed by atoms with Crippen LogP contribution in [0.4, 0.5) is 5.69 Å². The Morgan fingerprint density at radius 3 is 2.39 bits per heavy atom. The van der Waals surface area contributed by atoms with Crippen molar-refractivity contribution in [2.45, 2.75) is 25.3 Å². The van der Waals surface area contributed by atoms with Crippen LogP contribution >= 0.6 is 11.3 Å². The standard InChI is InChI=1S/C24H23N3O4S2/c1-4-27-22-20(31-3)6-5-7-21(22)32-24(27)25-23(28)17-10-12-18(13-11-17)26-33(29,30)19-14-8-16(2)9-15-19/h5-15,26H,4H2,1-3H3. The summed E-state index contributed by atoms with van der Waals surface area (Å²) in [6.07, 6.45) is 0. The second-order valence-electron chi connectivity index (χ2n) is 7.35. The van der Waals surface area contributed by atoms with Gasteiger partial charge in [0.25, 0.3) is 15.9 Å². The number of carbonyl (C=O) groups excluding carboxylic acids is 1. The molecule has 9 heteroatoms. The van der Waals surface area contributed by atoms with Crippen LogP contribution in [0.25, 0.3) is 10.2 Å². The Labute approximate surface area is 196 Å². The van der Waals surface area contributed by atoms with E-state index < -0.39 is 15.9 Å². The van der Waals surface area contributed by atoms with E-state index in [-0.39, 0.29) is 4.90 Å². The first-order valence-electron chi connectivity index (χ1n) is 10.3. The number of fused-ring (bicyclic) bond motifs is 1. The van der Waals surface area contributed by atoms with Gasteiger partial charge in [0, 0.05) is 17.8 Å². The van der Waals surface area contributed by atoms with Gasteiger partial charge in [-0.2, -0.15) is 4.99 Å². The number of para-hydroxylation sites is 1. The van der Waals surface area contributed by atoms with E-state index >= 15 is 0 Å². The van der Waals surface area contributed by atoms with Crippen LogP contribution in [-0.4, -0.2) is 26.0 Å². The first kappa shape index (κ1) is 22.8. The van der Waals surface area contributed by atoms with Crippen LogP contribution in [0, 0.1) is 6.92 Å². The molecule has 0 fully saturated rings. The van der Waals surface area contributed by atoms with Crippen LogP contribution in [-0.2, 0) is 16.6 Å². The maximum atomic E-state index is 12.8. The topological polar surface area (TPSA) is 89.8 Å². The number of amides is 1. The van der Waals surface area contributed by atoms with Crippen LogP contribution in [0.5, 0.6) is 5.75 Å². The lowest BCUT2D eigenvalue weighted by atomic mass is 10.2. The van der Waals surface area contributed by atoms with Crippen molar-refractivity contribution in [3.8, 4) is 5.75 Å². The Hall–Kier alpha value is -3.43. The summed E-state index contributed by atoms with van der Waals surface area (Å²) in [4.78, 5) is 17.9. The maximum Gasteiger partial charge on any atom is 0.279 e. The summed E-state index contributed by atoms with van der Waals surface area (Å²) in [5.41, 5.74) is 2.60. The Bertz CT molecular complexity index is 1480. The Balaban J connectivity index is 1.60. The molecule has 0 atom stereocenters. The van der Waals surface area contributed by atoms with Crippen molar-refractivity contribution >= 4 is 43.2 Å². The number of nitrogens with zero attached hydrogens (tertiary/aromatic N) is 2. The zero-order chi connectivity index (χ0) is 23.6. The fraction of sp³-hybridized carbons (Fsp3) is 0.167. The molecule has 4 rings (SSSR count). The minimum atomic E-state index is -3.71. The summed E-state index contributed by atoms with van der Waals surface area (Å²) in [6, 6.07) is 18.6. The van der Waals surface area contributed by atoms with Crippen molar-refractivity contribution in [1.29, 1.82) is 0 Å². The number of aromatic nitrogens is 1. The van der Waals surface area contributed by atoms with E-state index in [1.54, 1.807) is 55.6 Å². The molecule has 0 saturated heterocycles. The summed E-state index contributed by atoms with van der Waals surface area (Å²) in [6.45, 7) is 4.51. The molecule has 1 amide bonds. The van der Waals surface area contributed by atoms with Crippen molar-refractivity contribution in [3.63, 3.8) is 0 Å². The number of sulfonamides is 1. The number of aryl methyl sites for hydroxylation is 2. The highest BCUT2D eigenvalue weighted by Gasteiger charge is 2.15. The number of anilines is 1. The molecule has 1 N–H and O–H groups in total. The molecule has 3 aromatic carbocycles. The second kappa shape index (κ2) is 9.21. The summed E-state index contributed by atoms with van der Waals surface area (Å²) < 4.78 is 36.1. The number of hydrogen-bond acceptors (Lipinski definition) is 5. The number of nitrogens with one attached hydrogen (secondary N) is 1. The second-order valence-corrected chi connectivity index (χ2v) is 10.0. The van der Waals surface area contributed by atoms with Gasteiger partial charge in [-0.3, -0.25) is 9.52 Å². The Morgan fingerprint density at radius 2 is 1.76 bits per heavy atom. The monoisotopic (exact) mass is 481 g/mol. The van der Waals surface area contributed by atoms with Gasteiger partial charge in [0.15, 0.2) is 4.80 Å². The highest BCUT2D eigenvalue weighted by Crippen LogP contribution is 2.27. The zero-order valence-electron chi connectivity index (χ0n) is 18.4. The van der Waals surface area contributed by atoms with E-state index in [1.165, 1.54) is 11.3 Å². The van der Waals surface area contributed by atoms with E-state index in [9.17, 15) is 13.2 Å². The molecule has 170 valence electrons. The molecule has 4 aromatic rings. The molecule has 0 saturated carbocycles. The Kier molecular flexibility index (Phi) is 6.35. The number of hydrogen-bond donors (Lipinski definition) is 1. The third-order valence-electron chi connectivity index (χ3n) is 5.11. The number of carbonyl (C=O) groups is 1. The highest BCUT2D eigenvalue weighted by molar-refractivity contribution is 7.92. The lowest BCUT2D eigenvalue weighted by Gasteiger charge is -2.08. The van der Waals surface area contributed by atoms with Gasteiger partial charge in [0.05, 0.1) is 16.7 Å². The molecule has 0 aliphatic rings. The first-order valence-corrected chi connectivity index (χ1v) is 12.6. The molecule has 7 nitrogen and oxygen atoms in total. The largest absolute Gasteiger partial charge is 0.495 e. The quantitative estimate of drug-likeness (QED) is 0.436. The molecule has 0 aliphatic carbocycles. The van der Waals surface area contributed by atoms with Gasteiger partial charge in [-0.15, -0.1) is 0 Å². The normalized spacial score (nSPS) is 12.2. The lowest BCUT2D eigenvalue weighted by Crippen LogP contribution is -2.16. The fourth-order valence-electron chi connectivity index (χ4n) is 3.40. The van der Waals surface area contributed by atoms with Crippen LogP contribution in [0.1, 0.15) is 22.8 Å². The zero-order valence-corrected chi connectivity index (χ0v) is 20.0. The van der Waals surface area contributed by atoms with Crippen molar-refractivity contribution in [1.82, 2.24) is 4.57 Å². The molecule has 1 heterocycles. The van der Waals surface area contributed by atoms with Gasteiger partial charge < -0.3 is 9.30 Å². The van der Waals surface area contributed by atoms with Crippen LogP contribution in [0.15, 0.2) is 76.6 Å². The van der Waals surface area contributed by atoms with Crippen molar-refractivity contribution in [2.75, 3.05) is 11.8 Å². The van der Waals surface area contributed by atoms with Gasteiger partial charge in [-0.05, 0) is 62.4 Å². The van der Waals surface area contributed by atoms with E-state index in [0.717, 1.165) is 21.5 Å². The number of thiazole rings is 1. The van der Waals surface area contributed by atoms with Gasteiger partial charge >= 0.3 is 0 Å². The van der Waals surface area contributed by atoms with Crippen molar-refractivity contribution in [3.05, 3.63) is 82.7 Å². The molecule has 0 spiro atoms. The van der Waals surface area contributed by atoms with E-state index in [0.29, 0.717) is 22.6 Å². The van der Waals surface area contributed by atoms with E-state index in [4.69, 9.17) is 4.74 Å². The number of methoxy groups -OCH3 is 1. The minimum Gasteiger partial charge on any atom is -0.495 e. The average molecular weight is 482 g/mol. The number of benzene rings is 3. The molecular formula is C24H23N3O4S2. The van der Waals surface area contributed by atoms with Gasteiger partial charge in [-0.1, -0.05) is 35.1 Å². The fourth-order valence-corrected chi connectivity index (χ4v) is 5.57. The summed E-state index contributed by atoms with van der Waals surface area (Å²) in [5, 5.41) is 0. The predicted octanol–water partition coefficient (Wildman–Crippen LogP) is 4.58. The molecule has 33 heavy (non-hydrogen) atoms. The van der Waals surface area contributed by atoms with Gasteiger partial charge in [0.1, 0.15) is 11.3 Å². The van der Waals surface area contributed by atoms with Gasteiger partial charge in [-0.25, -0.2) is 8.42 Å². The molecular weight excluding hydrogens is 458 g/mol. The van der Waals surface area contributed by atoms with Crippen molar-refractivity contribution in [2.24, 2.45) is 4.99 Å². The lowest BCUT2D eigenvalue weighted by molar-refractivity contribution is 0.0998. The maximum absolute atomic E-state index is 12.8. The third kappa shape index (κ3) is 4.69. The highest BCUT2D eigenvalue weighted by atomic mass is 32.2. The average Bonchev–Trinajstić information content (AvgIpc) is 3.16. The van der Waals surface area contributed by atoms with Crippen LogP contribution < -0.4 is 14.3 Å². The van der Waals surface area contributed by atoms with Crippen LogP contribution in [0.3, 0.4) is 0 Å². The molecule has 0 radical (unpaired) electrons. The molecule has 0 bridgehead atoms. The first-order chi connectivity index (χ1) is 15.8. The number of rotatable bonds is 6. The number of ether oxygens (including phenoxy) is 1. The molecule has 0 unspecified atom stereocenters. The smallest absolute Gasteiger partial charge is 0.279 e. The molecule has 1 aromatic heterocycles. The van der Waals surface area contributed by atoms with E-state index in [2.05, 4.69) is 9.71 Å². The van der Waals surface area contributed by atoms with E-state index in [1.807, 2.05) is 36.6 Å². The summed E-state index contributed by atoms with van der Waals surface area (Å²) >= 11 is 1.41. The summed E-state index contributed by atoms with van der Waals surface area (Å²) in [5.74, 6) is 0.320. The summed E-state index contributed by atoms with van der Waals surface area (Å²) in [7, 11) is -2.10. The molecule has 0 aliphatic heterocycles. The Morgan fingerprint density at radius 1 is 1.06 bits per heavy atom.